The first kappa shape index (κ1) is 36.7. The molecular weight excluding hydrogens is 469 g/mol. The van der Waals surface area contributed by atoms with Gasteiger partial charge in [-0.3, -0.25) is 0 Å². The van der Waals surface area contributed by atoms with E-state index in [1.165, 1.54) is 5.56 Å². The third-order valence-electron chi connectivity index (χ3n) is 3.92. The lowest BCUT2D eigenvalue weighted by Gasteiger charge is -2.19. The lowest BCUT2D eigenvalue weighted by atomic mass is 10.1. The SMILES string of the molecule is CC.CC.CC.CCCc1ccc(S(=O)N(CCC)CCC)cc1.Cc1ccc(Cl)c(Cl)c1. The first-order chi connectivity index (χ1) is 15.9. The first-order valence-electron chi connectivity index (χ1n) is 12.6. The molecule has 0 aliphatic heterocycles. The zero-order valence-electron chi connectivity index (χ0n) is 22.8. The van der Waals surface area contributed by atoms with Crippen LogP contribution in [0.3, 0.4) is 0 Å². The Balaban J connectivity index is -0.000000502. The molecule has 0 bridgehead atoms. The maximum Gasteiger partial charge on any atom is 0.127 e. The Bertz CT molecular complexity index is 700. The van der Waals surface area contributed by atoms with E-state index in [1.807, 2.05) is 72.7 Å². The summed E-state index contributed by atoms with van der Waals surface area (Å²) in [7, 11) is -1.000. The Labute approximate surface area is 218 Å². The predicted octanol–water partition coefficient (Wildman–Crippen LogP) is 10.2. The molecule has 1 unspecified atom stereocenters. The Hall–Kier alpha value is -0.870. The lowest BCUT2D eigenvalue weighted by molar-refractivity contribution is 0.442. The third kappa shape index (κ3) is 17.3. The molecule has 0 fully saturated rings. The van der Waals surface area contributed by atoms with E-state index in [0.717, 1.165) is 49.2 Å². The molecule has 0 saturated heterocycles. The number of benzene rings is 2. The molecule has 2 nitrogen and oxygen atoms in total. The van der Waals surface area contributed by atoms with Gasteiger partial charge in [-0.05, 0) is 61.6 Å². The molecule has 192 valence electrons. The number of rotatable bonds is 8. The highest BCUT2D eigenvalue weighted by molar-refractivity contribution is 7.82. The number of nitrogens with zero attached hydrogens (tertiary/aromatic N) is 1. The van der Waals surface area contributed by atoms with Crippen molar-refractivity contribution < 1.29 is 4.21 Å². The Morgan fingerprint density at radius 3 is 1.58 bits per heavy atom. The average Bonchev–Trinajstić information content (AvgIpc) is 2.86. The predicted molar refractivity (Wildman–Crippen MR) is 154 cm³/mol. The van der Waals surface area contributed by atoms with Crippen LogP contribution >= 0.6 is 23.2 Å². The Kier molecular flexibility index (Phi) is 28.6. The Morgan fingerprint density at radius 2 is 1.21 bits per heavy atom. The van der Waals surface area contributed by atoms with Gasteiger partial charge in [-0.25, -0.2) is 8.51 Å². The van der Waals surface area contributed by atoms with Gasteiger partial charge in [0.05, 0.1) is 14.9 Å². The summed E-state index contributed by atoms with van der Waals surface area (Å²) in [6.45, 7) is 22.2. The molecule has 1 atom stereocenters. The van der Waals surface area contributed by atoms with Crippen LogP contribution in [-0.2, 0) is 17.4 Å². The van der Waals surface area contributed by atoms with E-state index in [0.29, 0.717) is 10.0 Å². The van der Waals surface area contributed by atoms with E-state index in [4.69, 9.17) is 23.2 Å². The minimum atomic E-state index is -1.000. The minimum absolute atomic E-state index is 0.613. The molecule has 0 aromatic heterocycles. The van der Waals surface area contributed by atoms with E-state index < -0.39 is 11.0 Å². The maximum absolute atomic E-state index is 12.4. The van der Waals surface area contributed by atoms with Gasteiger partial charge >= 0.3 is 0 Å². The quantitative estimate of drug-likeness (QED) is 0.340. The van der Waals surface area contributed by atoms with Crippen molar-refractivity contribution >= 4 is 34.2 Å². The second-order valence-electron chi connectivity index (χ2n) is 6.49. The zero-order valence-corrected chi connectivity index (χ0v) is 25.1. The smallest absolute Gasteiger partial charge is 0.127 e. The van der Waals surface area contributed by atoms with Gasteiger partial charge in [0.2, 0.25) is 0 Å². The van der Waals surface area contributed by atoms with Crippen LogP contribution in [0.25, 0.3) is 0 Å². The van der Waals surface area contributed by atoms with Gasteiger partial charge in [-0.2, -0.15) is 0 Å². The lowest BCUT2D eigenvalue weighted by Crippen LogP contribution is -2.27. The summed E-state index contributed by atoms with van der Waals surface area (Å²) in [4.78, 5) is 0.928. The normalized spacial score (nSPS) is 10.2. The molecular formula is C28H49Cl2NOS. The molecule has 2 aromatic rings. The molecule has 0 radical (unpaired) electrons. The van der Waals surface area contributed by atoms with Crippen molar-refractivity contribution in [3.63, 3.8) is 0 Å². The summed E-state index contributed by atoms with van der Waals surface area (Å²) >= 11 is 11.3. The number of halogens is 2. The van der Waals surface area contributed by atoms with Gasteiger partial charge < -0.3 is 0 Å². The van der Waals surface area contributed by atoms with Crippen LogP contribution in [0.5, 0.6) is 0 Å². The number of aryl methyl sites for hydroxylation is 2. The van der Waals surface area contributed by atoms with E-state index in [9.17, 15) is 4.21 Å². The summed E-state index contributed by atoms with van der Waals surface area (Å²) in [5.41, 5.74) is 2.46. The van der Waals surface area contributed by atoms with Crippen LogP contribution in [0.15, 0.2) is 47.4 Å². The topological polar surface area (TPSA) is 20.3 Å². The Morgan fingerprint density at radius 1 is 0.727 bits per heavy atom. The van der Waals surface area contributed by atoms with Crippen molar-refractivity contribution in [2.75, 3.05) is 13.1 Å². The highest BCUT2D eigenvalue weighted by Gasteiger charge is 2.13. The van der Waals surface area contributed by atoms with Gasteiger partial charge in [0.15, 0.2) is 0 Å². The molecule has 0 saturated carbocycles. The maximum atomic E-state index is 12.4. The summed E-state index contributed by atoms with van der Waals surface area (Å²) < 4.78 is 14.5. The zero-order chi connectivity index (χ0) is 26.2. The molecule has 0 amide bonds. The second kappa shape index (κ2) is 25.7. The number of hydrogen-bond acceptors (Lipinski definition) is 1. The van der Waals surface area contributed by atoms with Gasteiger partial charge in [0.1, 0.15) is 11.0 Å². The van der Waals surface area contributed by atoms with Gasteiger partial charge in [-0.1, -0.05) is 110 Å². The largest absolute Gasteiger partial charge is 0.237 e. The molecule has 2 rings (SSSR count). The van der Waals surface area contributed by atoms with E-state index in [1.54, 1.807) is 6.07 Å². The van der Waals surface area contributed by atoms with Crippen LogP contribution < -0.4 is 0 Å². The third-order valence-corrected chi connectivity index (χ3v) is 6.17. The fraction of sp³-hybridized carbons (Fsp3) is 0.571. The molecule has 33 heavy (non-hydrogen) atoms. The highest BCUT2D eigenvalue weighted by atomic mass is 35.5. The molecule has 0 N–H and O–H groups in total. The average molecular weight is 519 g/mol. The summed E-state index contributed by atoms with van der Waals surface area (Å²) in [6, 6.07) is 13.8. The van der Waals surface area contributed by atoms with Crippen LogP contribution in [0.2, 0.25) is 10.0 Å². The standard InChI is InChI=1S/C15H25NOS.C7H6Cl2.3C2H6/c1-4-7-14-8-10-15(11-9-14)18(17)16(12-5-2)13-6-3;1-5-2-3-6(8)7(9)4-5;3*1-2/h8-11H,4-7,12-13H2,1-3H3;2-4H,1H3;3*1-2H3. The van der Waals surface area contributed by atoms with Gasteiger partial charge in [0, 0.05) is 13.1 Å². The summed E-state index contributed by atoms with van der Waals surface area (Å²) in [5.74, 6) is 0. The fourth-order valence-electron chi connectivity index (χ4n) is 2.59. The molecule has 2 aromatic carbocycles. The van der Waals surface area contributed by atoms with Crippen molar-refractivity contribution in [2.45, 2.75) is 99.8 Å². The van der Waals surface area contributed by atoms with Crippen LogP contribution in [0, 0.1) is 6.92 Å². The second-order valence-corrected chi connectivity index (χ2v) is 8.79. The molecule has 5 heteroatoms. The highest BCUT2D eigenvalue weighted by Crippen LogP contribution is 2.21. The van der Waals surface area contributed by atoms with Gasteiger partial charge in [-0.15, -0.1) is 0 Å². The van der Waals surface area contributed by atoms with Crippen LogP contribution in [0.1, 0.15) is 92.7 Å². The minimum Gasteiger partial charge on any atom is -0.237 e. The van der Waals surface area contributed by atoms with Crippen molar-refractivity contribution in [3.05, 3.63) is 63.6 Å². The molecule has 0 aliphatic carbocycles. The van der Waals surface area contributed by atoms with Crippen molar-refractivity contribution in [1.82, 2.24) is 4.31 Å². The van der Waals surface area contributed by atoms with E-state index in [-0.39, 0.29) is 0 Å². The van der Waals surface area contributed by atoms with Crippen LogP contribution in [-0.4, -0.2) is 21.6 Å². The summed E-state index contributed by atoms with van der Waals surface area (Å²) in [6.07, 6.45) is 4.33. The monoisotopic (exact) mass is 517 g/mol. The van der Waals surface area contributed by atoms with E-state index in [2.05, 4.69) is 37.2 Å². The van der Waals surface area contributed by atoms with Crippen LogP contribution in [0.4, 0.5) is 0 Å². The van der Waals surface area contributed by atoms with E-state index >= 15 is 0 Å². The summed E-state index contributed by atoms with van der Waals surface area (Å²) in [5, 5.41) is 1.24. The molecule has 0 heterocycles. The van der Waals surface area contributed by atoms with Crippen molar-refractivity contribution in [1.29, 1.82) is 0 Å². The first-order valence-corrected chi connectivity index (χ1v) is 14.5. The van der Waals surface area contributed by atoms with Crippen molar-refractivity contribution in [3.8, 4) is 0 Å². The fourth-order valence-corrected chi connectivity index (χ4v) is 4.30. The van der Waals surface area contributed by atoms with Crippen molar-refractivity contribution in [2.24, 2.45) is 0 Å². The van der Waals surface area contributed by atoms with Gasteiger partial charge in [0.25, 0.3) is 0 Å². The molecule has 0 aliphatic rings. The number of hydrogen-bond donors (Lipinski definition) is 0. The molecule has 0 spiro atoms.